The van der Waals surface area contributed by atoms with Gasteiger partial charge in [0.25, 0.3) is 0 Å². The van der Waals surface area contributed by atoms with Crippen molar-refractivity contribution < 1.29 is 35.6 Å². The van der Waals surface area contributed by atoms with Gasteiger partial charge in [0.05, 0.1) is 29.7 Å². The summed E-state index contributed by atoms with van der Waals surface area (Å²) in [5, 5.41) is 12.7. The van der Waals surface area contributed by atoms with Gasteiger partial charge in [-0.3, -0.25) is 9.36 Å². The number of hydrogen-bond acceptors (Lipinski definition) is 6. The van der Waals surface area contributed by atoms with Crippen molar-refractivity contribution in [2.75, 3.05) is 11.1 Å². The van der Waals surface area contributed by atoms with Crippen LogP contribution >= 0.6 is 23.1 Å². The molecule has 14 heteroatoms. The number of rotatable bonds is 8. The van der Waals surface area contributed by atoms with Gasteiger partial charge in [0.15, 0.2) is 5.16 Å². The van der Waals surface area contributed by atoms with Crippen LogP contribution in [-0.2, 0) is 30.1 Å². The summed E-state index contributed by atoms with van der Waals surface area (Å²) in [4.78, 5) is 13.5. The van der Waals surface area contributed by atoms with E-state index in [1.54, 1.807) is 16.7 Å². The number of nitrogens with zero attached hydrogens (tertiary/aromatic N) is 3. The van der Waals surface area contributed by atoms with E-state index in [-0.39, 0.29) is 18.4 Å². The van der Waals surface area contributed by atoms with E-state index in [9.17, 15) is 31.1 Å². The Morgan fingerprint density at radius 3 is 2.33 bits per heavy atom. The second kappa shape index (κ2) is 10.4. The molecule has 0 bridgehead atoms. The molecular weight excluding hydrogens is 530 g/mol. The summed E-state index contributed by atoms with van der Waals surface area (Å²) in [5.74, 6) is 0.0776. The number of amides is 1. The Balaban J connectivity index is 1.50. The molecule has 0 saturated carbocycles. The monoisotopic (exact) mass is 546 g/mol. The third-order valence-corrected chi connectivity index (χ3v) is 6.65. The lowest BCUT2D eigenvalue weighted by Gasteiger charge is -2.14. The number of carbonyl (C=O) groups is 1. The Bertz CT molecular complexity index is 1280. The number of nitrogens with one attached hydrogen (secondary N) is 1. The van der Waals surface area contributed by atoms with Crippen LogP contribution in [0.15, 0.2) is 63.7 Å². The van der Waals surface area contributed by atoms with Gasteiger partial charge in [-0.05, 0) is 41.8 Å². The molecular formula is C22H16F6N4O2S2. The predicted molar refractivity (Wildman–Crippen MR) is 121 cm³/mol. The highest BCUT2D eigenvalue weighted by Gasteiger charge is 2.37. The van der Waals surface area contributed by atoms with E-state index in [4.69, 9.17) is 4.42 Å². The lowest BCUT2D eigenvalue weighted by Crippen LogP contribution is -2.17. The Morgan fingerprint density at radius 1 is 1.03 bits per heavy atom. The highest BCUT2D eigenvalue weighted by molar-refractivity contribution is 7.99. The molecule has 1 amide bonds. The Morgan fingerprint density at radius 2 is 1.75 bits per heavy atom. The minimum absolute atomic E-state index is 0.00333. The molecule has 0 aliphatic heterocycles. The molecule has 1 aromatic carbocycles. The van der Waals surface area contributed by atoms with Crippen LogP contribution in [0.1, 0.15) is 27.6 Å². The third-order valence-electron chi connectivity index (χ3n) is 4.80. The zero-order valence-electron chi connectivity index (χ0n) is 18.1. The first-order chi connectivity index (χ1) is 17.0. The maximum absolute atomic E-state index is 13.1. The second-order valence-corrected chi connectivity index (χ2v) is 9.43. The molecule has 0 radical (unpaired) electrons. The zero-order chi connectivity index (χ0) is 25.9. The number of aromatic nitrogens is 3. The van der Waals surface area contributed by atoms with Crippen LogP contribution in [0.25, 0.3) is 0 Å². The second-order valence-electron chi connectivity index (χ2n) is 7.45. The first-order valence-corrected chi connectivity index (χ1v) is 12.0. The van der Waals surface area contributed by atoms with Gasteiger partial charge < -0.3 is 9.73 Å². The summed E-state index contributed by atoms with van der Waals surface area (Å²) in [5.41, 5.74) is -3.65. The van der Waals surface area contributed by atoms with Gasteiger partial charge in [0.1, 0.15) is 11.6 Å². The summed E-state index contributed by atoms with van der Waals surface area (Å²) >= 11 is 2.48. The first kappa shape index (κ1) is 25.8. The number of thioether (sulfide) groups is 1. The SMILES string of the molecule is O=C(CSc1nnc(Cc2cccs2)n1Cc1ccco1)Nc1cc(C(F)(F)F)cc(C(F)(F)F)c1. The van der Waals surface area contributed by atoms with Crippen molar-refractivity contribution in [1.29, 1.82) is 0 Å². The summed E-state index contributed by atoms with van der Waals surface area (Å²) in [7, 11) is 0. The third kappa shape index (κ3) is 6.49. The maximum Gasteiger partial charge on any atom is 0.416 e. The molecule has 0 aliphatic rings. The number of anilines is 1. The van der Waals surface area contributed by atoms with Crippen LogP contribution in [0.4, 0.5) is 32.0 Å². The zero-order valence-corrected chi connectivity index (χ0v) is 19.7. The van der Waals surface area contributed by atoms with Gasteiger partial charge in [0, 0.05) is 17.0 Å². The fourth-order valence-corrected chi connectivity index (χ4v) is 4.66. The average Bonchev–Trinajstić information content (AvgIpc) is 3.56. The quantitative estimate of drug-likeness (QED) is 0.206. The molecule has 3 aromatic heterocycles. The van der Waals surface area contributed by atoms with Crippen molar-refractivity contribution in [1.82, 2.24) is 14.8 Å². The van der Waals surface area contributed by atoms with E-state index >= 15 is 0 Å². The molecule has 0 spiro atoms. The fourth-order valence-electron chi connectivity index (χ4n) is 3.20. The van der Waals surface area contributed by atoms with E-state index in [2.05, 4.69) is 15.5 Å². The van der Waals surface area contributed by atoms with E-state index in [1.165, 1.54) is 17.6 Å². The highest BCUT2D eigenvalue weighted by atomic mass is 32.2. The summed E-state index contributed by atoms with van der Waals surface area (Å²) in [6, 6.07) is 8.20. The topological polar surface area (TPSA) is 73.0 Å². The Labute approximate surface area is 208 Å². The van der Waals surface area contributed by atoms with Crippen molar-refractivity contribution in [3.8, 4) is 0 Å². The van der Waals surface area contributed by atoms with E-state index in [0.29, 0.717) is 35.3 Å². The smallest absolute Gasteiger partial charge is 0.416 e. The summed E-state index contributed by atoms with van der Waals surface area (Å²) in [6.45, 7) is 0.271. The number of thiophene rings is 1. The van der Waals surface area contributed by atoms with Crippen LogP contribution in [0, 0.1) is 0 Å². The van der Waals surface area contributed by atoms with Crippen LogP contribution < -0.4 is 5.32 Å². The lowest BCUT2D eigenvalue weighted by molar-refractivity contribution is -0.143. The molecule has 0 saturated heterocycles. The van der Waals surface area contributed by atoms with Crippen molar-refractivity contribution in [2.24, 2.45) is 0 Å². The van der Waals surface area contributed by atoms with Crippen LogP contribution in [-0.4, -0.2) is 26.4 Å². The van der Waals surface area contributed by atoms with Crippen LogP contribution in [0.5, 0.6) is 0 Å². The maximum atomic E-state index is 13.1. The molecule has 36 heavy (non-hydrogen) atoms. The average molecular weight is 547 g/mol. The highest BCUT2D eigenvalue weighted by Crippen LogP contribution is 2.37. The Kier molecular flexibility index (Phi) is 7.45. The van der Waals surface area contributed by atoms with Gasteiger partial charge in [-0.25, -0.2) is 0 Å². The number of furan rings is 1. The number of hydrogen-bond donors (Lipinski definition) is 1. The molecule has 4 rings (SSSR count). The number of halogens is 6. The van der Waals surface area contributed by atoms with Gasteiger partial charge in [0.2, 0.25) is 5.91 Å². The molecule has 3 heterocycles. The number of benzene rings is 1. The molecule has 190 valence electrons. The standard InChI is InChI=1S/C22H16F6N4O2S2/c23-21(24,25)13-7-14(22(26,27)28)9-15(8-13)29-19(33)12-36-20-31-30-18(10-17-4-2-6-35-17)32(20)11-16-3-1-5-34-16/h1-9H,10-12H2,(H,29,33). The number of alkyl halides is 6. The van der Waals surface area contributed by atoms with Gasteiger partial charge >= 0.3 is 12.4 Å². The molecule has 0 atom stereocenters. The minimum atomic E-state index is -5.02. The summed E-state index contributed by atoms with van der Waals surface area (Å²) in [6.07, 6.45) is -8.06. The van der Waals surface area contributed by atoms with Crippen LogP contribution in [0.2, 0.25) is 0 Å². The van der Waals surface area contributed by atoms with E-state index < -0.39 is 35.1 Å². The first-order valence-electron chi connectivity index (χ1n) is 10.2. The number of carbonyl (C=O) groups excluding carboxylic acids is 1. The largest absolute Gasteiger partial charge is 0.467 e. The molecule has 0 unspecified atom stereocenters. The molecule has 0 fully saturated rings. The molecule has 0 aliphatic carbocycles. The predicted octanol–water partition coefficient (Wildman–Crippen LogP) is 6.34. The summed E-state index contributed by atoms with van der Waals surface area (Å²) < 4.78 is 85.6. The molecule has 6 nitrogen and oxygen atoms in total. The van der Waals surface area contributed by atoms with Gasteiger partial charge in [-0.1, -0.05) is 17.8 Å². The van der Waals surface area contributed by atoms with Crippen molar-refractivity contribution >= 4 is 34.7 Å². The Hall–Kier alpha value is -3.26. The van der Waals surface area contributed by atoms with Crippen molar-refractivity contribution in [3.63, 3.8) is 0 Å². The minimum Gasteiger partial charge on any atom is -0.467 e. The van der Waals surface area contributed by atoms with Crippen LogP contribution in [0.3, 0.4) is 0 Å². The van der Waals surface area contributed by atoms with Gasteiger partial charge in [-0.2, -0.15) is 26.3 Å². The molecule has 4 aromatic rings. The van der Waals surface area contributed by atoms with Crippen molar-refractivity contribution in [3.05, 3.63) is 81.7 Å². The lowest BCUT2D eigenvalue weighted by atomic mass is 10.1. The van der Waals surface area contributed by atoms with Gasteiger partial charge in [-0.15, -0.1) is 21.5 Å². The van der Waals surface area contributed by atoms with E-state index in [0.717, 1.165) is 16.6 Å². The fraction of sp³-hybridized carbons (Fsp3) is 0.227. The van der Waals surface area contributed by atoms with Crippen molar-refractivity contribution in [2.45, 2.75) is 30.5 Å². The van der Waals surface area contributed by atoms with E-state index in [1.807, 2.05) is 17.5 Å². The molecule has 1 N–H and O–H groups in total. The normalized spacial score (nSPS) is 12.2.